The molecule has 0 amide bonds. The third-order valence-electron chi connectivity index (χ3n) is 2.46. The summed E-state index contributed by atoms with van der Waals surface area (Å²) >= 11 is 0. The lowest BCUT2D eigenvalue weighted by molar-refractivity contribution is 0.283. The molecule has 76 valence electrons. The van der Waals surface area contributed by atoms with E-state index < -0.39 is 0 Å². The Kier molecular flexibility index (Phi) is 2.70. The number of benzene rings is 2. The second-order valence-corrected chi connectivity index (χ2v) is 3.40. The second kappa shape index (κ2) is 4.15. The summed E-state index contributed by atoms with van der Waals surface area (Å²) in [5.74, 6) is 0. The van der Waals surface area contributed by atoms with E-state index in [0.29, 0.717) is 5.69 Å². The van der Waals surface area contributed by atoms with Gasteiger partial charge in [-0.15, -0.1) is 0 Å². The Morgan fingerprint density at radius 3 is 2.33 bits per heavy atom. The van der Waals surface area contributed by atoms with Crippen LogP contribution >= 0.6 is 0 Å². The van der Waals surface area contributed by atoms with Crippen molar-refractivity contribution in [3.63, 3.8) is 0 Å². The molecule has 2 aromatic rings. The fourth-order valence-corrected chi connectivity index (χ4v) is 1.67. The molecular weight excluding hydrogens is 186 g/mol. The molecule has 3 N–H and O–H groups in total. The average molecular weight is 199 g/mol. The summed E-state index contributed by atoms with van der Waals surface area (Å²) in [5, 5.41) is 9.28. The summed E-state index contributed by atoms with van der Waals surface area (Å²) in [7, 11) is 0. The van der Waals surface area contributed by atoms with Gasteiger partial charge in [-0.05, 0) is 17.2 Å². The van der Waals surface area contributed by atoms with Crippen molar-refractivity contribution in [2.45, 2.75) is 6.61 Å². The lowest BCUT2D eigenvalue weighted by atomic mass is 9.99. The largest absolute Gasteiger partial charge is 0.398 e. The summed E-state index contributed by atoms with van der Waals surface area (Å²) in [4.78, 5) is 0. The predicted molar refractivity (Wildman–Crippen MR) is 62.2 cm³/mol. The Hall–Kier alpha value is -1.80. The zero-order valence-corrected chi connectivity index (χ0v) is 8.35. The zero-order chi connectivity index (χ0) is 10.7. The first-order valence-corrected chi connectivity index (χ1v) is 4.86. The van der Waals surface area contributed by atoms with Gasteiger partial charge in [0, 0.05) is 11.3 Å². The Labute approximate surface area is 89.0 Å². The van der Waals surface area contributed by atoms with Gasteiger partial charge in [0.15, 0.2) is 0 Å². The molecule has 0 spiro atoms. The summed E-state index contributed by atoms with van der Waals surface area (Å²) in [6, 6.07) is 15.6. The number of aliphatic hydroxyl groups is 1. The Morgan fingerprint density at radius 1 is 0.933 bits per heavy atom. The molecule has 0 saturated heterocycles. The molecule has 0 aliphatic heterocycles. The van der Waals surface area contributed by atoms with Crippen molar-refractivity contribution in [3.05, 3.63) is 54.1 Å². The van der Waals surface area contributed by atoms with Gasteiger partial charge in [-0.1, -0.05) is 42.5 Å². The third-order valence-corrected chi connectivity index (χ3v) is 2.46. The van der Waals surface area contributed by atoms with E-state index in [2.05, 4.69) is 0 Å². The van der Waals surface area contributed by atoms with Gasteiger partial charge in [-0.25, -0.2) is 0 Å². The van der Waals surface area contributed by atoms with Crippen LogP contribution in [0.2, 0.25) is 0 Å². The van der Waals surface area contributed by atoms with Crippen LogP contribution in [0.25, 0.3) is 11.1 Å². The molecule has 2 rings (SSSR count). The number of hydrogen-bond acceptors (Lipinski definition) is 2. The maximum Gasteiger partial charge on any atom is 0.0708 e. The van der Waals surface area contributed by atoms with Crippen LogP contribution in [0.5, 0.6) is 0 Å². The van der Waals surface area contributed by atoms with E-state index >= 15 is 0 Å². The number of anilines is 1. The van der Waals surface area contributed by atoms with Gasteiger partial charge < -0.3 is 10.8 Å². The maximum absolute atomic E-state index is 9.28. The van der Waals surface area contributed by atoms with Gasteiger partial charge in [-0.3, -0.25) is 0 Å². The lowest BCUT2D eigenvalue weighted by Crippen LogP contribution is -1.96. The topological polar surface area (TPSA) is 46.2 Å². The molecule has 15 heavy (non-hydrogen) atoms. The van der Waals surface area contributed by atoms with Crippen LogP contribution in [-0.2, 0) is 6.61 Å². The van der Waals surface area contributed by atoms with Crippen molar-refractivity contribution in [2.75, 3.05) is 5.73 Å². The molecule has 0 saturated carbocycles. The summed E-state index contributed by atoms with van der Waals surface area (Å²) in [6.07, 6.45) is 0. The van der Waals surface area contributed by atoms with E-state index in [4.69, 9.17) is 5.73 Å². The number of aliphatic hydroxyl groups excluding tert-OH is 1. The molecule has 2 heteroatoms. The molecule has 0 bridgehead atoms. The van der Waals surface area contributed by atoms with Crippen molar-refractivity contribution in [1.82, 2.24) is 0 Å². The van der Waals surface area contributed by atoms with E-state index in [1.54, 1.807) is 6.07 Å². The molecule has 0 aliphatic carbocycles. The third kappa shape index (κ3) is 1.85. The highest BCUT2D eigenvalue weighted by atomic mass is 16.3. The predicted octanol–water partition coefficient (Wildman–Crippen LogP) is 2.43. The first kappa shape index (κ1) is 9.74. The van der Waals surface area contributed by atoms with Gasteiger partial charge in [-0.2, -0.15) is 0 Å². The summed E-state index contributed by atoms with van der Waals surface area (Å²) < 4.78 is 0. The van der Waals surface area contributed by atoms with Crippen molar-refractivity contribution in [1.29, 1.82) is 0 Å². The first-order chi connectivity index (χ1) is 7.33. The van der Waals surface area contributed by atoms with E-state index in [1.165, 1.54) is 0 Å². The molecule has 2 nitrogen and oxygen atoms in total. The van der Waals surface area contributed by atoms with Gasteiger partial charge in [0.25, 0.3) is 0 Å². The van der Waals surface area contributed by atoms with Crippen LogP contribution in [-0.4, -0.2) is 5.11 Å². The van der Waals surface area contributed by atoms with Gasteiger partial charge in [0.05, 0.1) is 6.61 Å². The molecule has 0 fully saturated rings. The van der Waals surface area contributed by atoms with E-state index in [0.717, 1.165) is 16.7 Å². The highest BCUT2D eigenvalue weighted by Crippen LogP contribution is 2.27. The fraction of sp³-hybridized carbons (Fsp3) is 0.0769. The van der Waals surface area contributed by atoms with Gasteiger partial charge in [0.1, 0.15) is 0 Å². The van der Waals surface area contributed by atoms with Crippen molar-refractivity contribution >= 4 is 5.69 Å². The lowest BCUT2D eigenvalue weighted by Gasteiger charge is -2.09. The molecule has 0 radical (unpaired) electrons. The highest BCUT2D eigenvalue weighted by Gasteiger charge is 2.06. The van der Waals surface area contributed by atoms with Crippen LogP contribution in [0.1, 0.15) is 5.56 Å². The minimum atomic E-state index is -0.0309. The van der Waals surface area contributed by atoms with E-state index in [1.807, 2.05) is 42.5 Å². The molecule has 0 atom stereocenters. The molecular formula is C13H13NO. The first-order valence-electron chi connectivity index (χ1n) is 4.86. The second-order valence-electron chi connectivity index (χ2n) is 3.40. The highest BCUT2D eigenvalue weighted by molar-refractivity contribution is 5.72. The van der Waals surface area contributed by atoms with Crippen molar-refractivity contribution in [2.24, 2.45) is 0 Å². The number of hydrogen-bond donors (Lipinski definition) is 2. The Bertz CT molecular complexity index is 451. The fourth-order valence-electron chi connectivity index (χ4n) is 1.67. The smallest absolute Gasteiger partial charge is 0.0708 e. The molecule has 0 aliphatic rings. The minimum absolute atomic E-state index is 0.0309. The Balaban J connectivity index is 2.58. The number of rotatable bonds is 2. The molecule has 0 heterocycles. The summed E-state index contributed by atoms with van der Waals surface area (Å²) in [5.41, 5.74) is 9.32. The normalized spacial score (nSPS) is 10.2. The SMILES string of the molecule is Nc1cccc(-c2ccccc2)c1CO. The Morgan fingerprint density at radius 2 is 1.67 bits per heavy atom. The molecule has 0 unspecified atom stereocenters. The zero-order valence-electron chi connectivity index (χ0n) is 8.35. The summed E-state index contributed by atoms with van der Waals surface area (Å²) in [6.45, 7) is -0.0309. The van der Waals surface area contributed by atoms with E-state index in [9.17, 15) is 5.11 Å². The quantitative estimate of drug-likeness (QED) is 0.730. The monoisotopic (exact) mass is 199 g/mol. The van der Waals surface area contributed by atoms with Gasteiger partial charge in [0.2, 0.25) is 0 Å². The van der Waals surface area contributed by atoms with Crippen molar-refractivity contribution < 1.29 is 5.11 Å². The minimum Gasteiger partial charge on any atom is -0.398 e. The van der Waals surface area contributed by atoms with Gasteiger partial charge >= 0.3 is 0 Å². The maximum atomic E-state index is 9.28. The van der Waals surface area contributed by atoms with Crippen LogP contribution in [0.4, 0.5) is 5.69 Å². The van der Waals surface area contributed by atoms with E-state index in [-0.39, 0.29) is 6.61 Å². The number of nitrogens with two attached hydrogens (primary N) is 1. The average Bonchev–Trinajstić information content (AvgIpc) is 2.30. The van der Waals surface area contributed by atoms with Crippen LogP contribution in [0.3, 0.4) is 0 Å². The van der Waals surface area contributed by atoms with Crippen LogP contribution < -0.4 is 5.73 Å². The molecule has 0 aromatic heterocycles. The van der Waals surface area contributed by atoms with Crippen molar-refractivity contribution in [3.8, 4) is 11.1 Å². The standard InChI is InChI=1S/C13H13NO/c14-13-8-4-7-11(12(13)9-15)10-5-2-1-3-6-10/h1-8,15H,9,14H2. The van der Waals surface area contributed by atoms with Crippen LogP contribution in [0.15, 0.2) is 48.5 Å². The number of nitrogen functional groups attached to an aromatic ring is 1. The van der Waals surface area contributed by atoms with Crippen LogP contribution in [0, 0.1) is 0 Å². The molecule has 2 aromatic carbocycles.